The van der Waals surface area contributed by atoms with Crippen LogP contribution in [-0.2, 0) is 4.79 Å². The number of hydrogen-bond acceptors (Lipinski definition) is 2. The molecular formula is C6H10N2O. The normalized spacial score (nSPS) is 37.0. The van der Waals surface area contributed by atoms with Gasteiger partial charge in [-0.3, -0.25) is 4.79 Å². The molecule has 1 spiro atoms. The van der Waals surface area contributed by atoms with Gasteiger partial charge in [-0.15, -0.1) is 0 Å². The molecule has 3 nitrogen and oxygen atoms in total. The van der Waals surface area contributed by atoms with Gasteiger partial charge in [0.2, 0.25) is 5.91 Å². The van der Waals surface area contributed by atoms with Crippen LogP contribution in [0.25, 0.3) is 0 Å². The molecule has 50 valence electrons. The third-order valence-electron chi connectivity index (χ3n) is 2.43. The van der Waals surface area contributed by atoms with Crippen molar-refractivity contribution in [3.8, 4) is 0 Å². The van der Waals surface area contributed by atoms with Gasteiger partial charge in [0.1, 0.15) is 0 Å². The Morgan fingerprint density at radius 2 is 2.33 bits per heavy atom. The van der Waals surface area contributed by atoms with E-state index in [2.05, 4.69) is 5.32 Å². The summed E-state index contributed by atoms with van der Waals surface area (Å²) < 4.78 is 0. The van der Waals surface area contributed by atoms with Crippen molar-refractivity contribution in [3.63, 3.8) is 0 Å². The molecule has 2 fully saturated rings. The minimum atomic E-state index is -0.111. The lowest BCUT2D eigenvalue weighted by molar-refractivity contribution is -0.123. The molecule has 1 atom stereocenters. The summed E-state index contributed by atoms with van der Waals surface area (Å²) in [5, 5.41) is 2.76. The van der Waals surface area contributed by atoms with E-state index in [1.54, 1.807) is 0 Å². The number of nitrogens with two attached hydrogens (primary N) is 1. The molecule has 9 heavy (non-hydrogen) atoms. The number of rotatable bonds is 0. The number of hydrogen-bond donors (Lipinski definition) is 2. The van der Waals surface area contributed by atoms with Gasteiger partial charge in [0.25, 0.3) is 0 Å². The third kappa shape index (κ3) is 0.477. The van der Waals surface area contributed by atoms with Gasteiger partial charge < -0.3 is 11.1 Å². The van der Waals surface area contributed by atoms with Crippen molar-refractivity contribution >= 4 is 5.91 Å². The van der Waals surface area contributed by atoms with Crippen LogP contribution in [0.1, 0.15) is 12.8 Å². The minimum absolute atomic E-state index is 0.0880. The molecule has 0 aromatic carbocycles. The lowest BCUT2D eigenvalue weighted by Gasteiger charge is -2.06. The molecule has 0 bridgehead atoms. The largest absolute Gasteiger partial charge is 0.354 e. The fourth-order valence-electron chi connectivity index (χ4n) is 1.47. The predicted octanol–water partition coefficient (Wildman–Crippen LogP) is -0.776. The first-order valence-corrected chi connectivity index (χ1v) is 3.30. The van der Waals surface area contributed by atoms with Crippen LogP contribution >= 0.6 is 0 Å². The second kappa shape index (κ2) is 1.29. The topological polar surface area (TPSA) is 55.1 Å². The highest BCUT2D eigenvalue weighted by Crippen LogP contribution is 2.50. The van der Waals surface area contributed by atoms with Gasteiger partial charge in [-0.1, -0.05) is 0 Å². The van der Waals surface area contributed by atoms with Crippen molar-refractivity contribution in [3.05, 3.63) is 0 Å². The van der Waals surface area contributed by atoms with Crippen molar-refractivity contribution in [1.82, 2.24) is 5.32 Å². The maximum Gasteiger partial charge on any atom is 0.227 e. The van der Waals surface area contributed by atoms with E-state index < -0.39 is 0 Å². The summed E-state index contributed by atoms with van der Waals surface area (Å²) in [7, 11) is 0. The number of nitrogens with one attached hydrogen (secondary N) is 1. The summed E-state index contributed by atoms with van der Waals surface area (Å²) in [6.45, 7) is 0.679. The van der Waals surface area contributed by atoms with Crippen molar-refractivity contribution in [2.45, 2.75) is 18.9 Å². The second-order valence-electron chi connectivity index (χ2n) is 2.97. The number of carbonyl (C=O) groups excluding carboxylic acids is 1. The van der Waals surface area contributed by atoms with Gasteiger partial charge in [-0.25, -0.2) is 0 Å². The molecular weight excluding hydrogens is 116 g/mol. The van der Waals surface area contributed by atoms with Gasteiger partial charge in [0.05, 0.1) is 5.41 Å². The van der Waals surface area contributed by atoms with E-state index in [0.717, 1.165) is 12.8 Å². The second-order valence-corrected chi connectivity index (χ2v) is 2.97. The standard InChI is InChI=1S/C6H10N2O/c7-4-3-8-5(9)6(4)1-2-6/h4H,1-3,7H2,(H,8,9)/t4-/m0/s1. The summed E-state index contributed by atoms with van der Waals surface area (Å²) in [4.78, 5) is 11.0. The molecule has 3 heteroatoms. The first-order valence-electron chi connectivity index (χ1n) is 3.30. The first-order chi connectivity index (χ1) is 4.26. The Balaban J connectivity index is 2.26. The van der Waals surface area contributed by atoms with E-state index >= 15 is 0 Å². The summed E-state index contributed by atoms with van der Waals surface area (Å²) in [5.41, 5.74) is 5.57. The smallest absolute Gasteiger partial charge is 0.227 e. The van der Waals surface area contributed by atoms with Crippen LogP contribution in [0.3, 0.4) is 0 Å². The molecule has 0 radical (unpaired) electrons. The highest BCUT2D eigenvalue weighted by molar-refractivity contribution is 5.88. The average Bonchev–Trinajstić information content (AvgIpc) is 2.56. The Kier molecular flexibility index (Phi) is 0.750. The molecule has 0 aromatic rings. The van der Waals surface area contributed by atoms with E-state index in [1.807, 2.05) is 0 Å². The van der Waals surface area contributed by atoms with Gasteiger partial charge in [-0.2, -0.15) is 0 Å². The predicted molar refractivity (Wildman–Crippen MR) is 32.7 cm³/mol. The van der Waals surface area contributed by atoms with E-state index in [0.29, 0.717) is 6.54 Å². The highest BCUT2D eigenvalue weighted by atomic mass is 16.2. The highest BCUT2D eigenvalue weighted by Gasteiger charge is 2.57. The van der Waals surface area contributed by atoms with Gasteiger partial charge >= 0.3 is 0 Å². The minimum Gasteiger partial charge on any atom is -0.354 e. The summed E-state index contributed by atoms with van der Waals surface area (Å²) in [5.74, 6) is 0.176. The van der Waals surface area contributed by atoms with Crippen LogP contribution < -0.4 is 11.1 Å². The van der Waals surface area contributed by atoms with E-state index in [-0.39, 0.29) is 17.4 Å². The fourth-order valence-corrected chi connectivity index (χ4v) is 1.47. The van der Waals surface area contributed by atoms with Crippen LogP contribution in [0.15, 0.2) is 0 Å². The molecule has 2 rings (SSSR count). The molecule has 1 saturated carbocycles. The quantitative estimate of drug-likeness (QED) is 0.447. The molecule has 2 aliphatic rings. The van der Waals surface area contributed by atoms with Crippen molar-refractivity contribution < 1.29 is 4.79 Å². The zero-order chi connectivity index (χ0) is 6.48. The van der Waals surface area contributed by atoms with Crippen molar-refractivity contribution in [2.75, 3.05) is 6.54 Å². The summed E-state index contributed by atoms with van der Waals surface area (Å²) in [6.07, 6.45) is 2.00. The maximum absolute atomic E-state index is 11.0. The molecule has 1 saturated heterocycles. The average molecular weight is 126 g/mol. The van der Waals surface area contributed by atoms with Crippen molar-refractivity contribution in [1.29, 1.82) is 0 Å². The van der Waals surface area contributed by atoms with Gasteiger partial charge in [0, 0.05) is 12.6 Å². The molecule has 0 unspecified atom stereocenters. The molecule has 0 aromatic heterocycles. The zero-order valence-corrected chi connectivity index (χ0v) is 5.18. The maximum atomic E-state index is 11.0. The third-order valence-corrected chi connectivity index (χ3v) is 2.43. The Labute approximate surface area is 53.6 Å². The molecule has 1 amide bonds. The van der Waals surface area contributed by atoms with E-state index in [9.17, 15) is 4.79 Å². The first kappa shape index (κ1) is 5.23. The SMILES string of the molecule is N[C@H]1CNC(=O)C12CC2. The Bertz CT molecular complexity index is 162. The monoisotopic (exact) mass is 126 g/mol. The summed E-state index contributed by atoms with van der Waals surface area (Å²) in [6, 6.07) is 0.0880. The van der Waals surface area contributed by atoms with Gasteiger partial charge in [-0.05, 0) is 12.8 Å². The number of amides is 1. The Morgan fingerprint density at radius 3 is 2.56 bits per heavy atom. The van der Waals surface area contributed by atoms with E-state index in [1.165, 1.54) is 0 Å². The lowest BCUT2D eigenvalue weighted by Crippen LogP contribution is -2.31. The fraction of sp³-hybridized carbons (Fsp3) is 0.833. The Morgan fingerprint density at radius 1 is 1.67 bits per heavy atom. The van der Waals surface area contributed by atoms with Crippen LogP contribution in [-0.4, -0.2) is 18.5 Å². The summed E-state index contributed by atoms with van der Waals surface area (Å²) >= 11 is 0. The lowest BCUT2D eigenvalue weighted by atomic mass is 10.0. The van der Waals surface area contributed by atoms with Crippen molar-refractivity contribution in [2.24, 2.45) is 11.1 Å². The van der Waals surface area contributed by atoms with Crippen LogP contribution in [0.5, 0.6) is 0 Å². The number of carbonyl (C=O) groups is 1. The Hall–Kier alpha value is -0.570. The van der Waals surface area contributed by atoms with Crippen LogP contribution in [0.4, 0.5) is 0 Å². The van der Waals surface area contributed by atoms with E-state index in [4.69, 9.17) is 5.73 Å². The molecule has 3 N–H and O–H groups in total. The molecule has 1 aliphatic carbocycles. The van der Waals surface area contributed by atoms with Crippen LogP contribution in [0, 0.1) is 5.41 Å². The zero-order valence-electron chi connectivity index (χ0n) is 5.18. The molecule has 1 aliphatic heterocycles. The van der Waals surface area contributed by atoms with Gasteiger partial charge in [0.15, 0.2) is 0 Å². The van der Waals surface area contributed by atoms with Crippen LogP contribution in [0.2, 0.25) is 0 Å². The molecule has 1 heterocycles.